The fourth-order valence-electron chi connectivity index (χ4n) is 1.38. The SMILES string of the molecule is O=CCC1NC(=O)CC1C(F)(F)F. The molecule has 1 rings (SSSR count). The number of alkyl halides is 3. The van der Waals surface area contributed by atoms with E-state index in [1.807, 2.05) is 0 Å². The summed E-state index contributed by atoms with van der Waals surface area (Å²) in [6.07, 6.45) is -4.88. The summed E-state index contributed by atoms with van der Waals surface area (Å²) in [4.78, 5) is 20.7. The standard InChI is InChI=1S/C7H8F3NO2/c8-7(9,10)4-3-6(13)11-5(4)1-2-12/h2,4-5H,1,3H2,(H,11,13). The van der Waals surface area contributed by atoms with Crippen molar-refractivity contribution in [2.75, 3.05) is 0 Å². The van der Waals surface area contributed by atoms with Crippen LogP contribution < -0.4 is 5.32 Å². The van der Waals surface area contributed by atoms with Crippen LogP contribution in [0.2, 0.25) is 0 Å². The van der Waals surface area contributed by atoms with Gasteiger partial charge in [-0.2, -0.15) is 13.2 Å². The molecule has 3 nitrogen and oxygen atoms in total. The highest BCUT2D eigenvalue weighted by atomic mass is 19.4. The molecule has 1 fully saturated rings. The molecule has 0 radical (unpaired) electrons. The molecule has 0 aromatic heterocycles. The van der Waals surface area contributed by atoms with Gasteiger partial charge in [0.05, 0.1) is 5.92 Å². The van der Waals surface area contributed by atoms with Crippen LogP contribution in [0, 0.1) is 5.92 Å². The predicted molar refractivity (Wildman–Crippen MR) is 36.8 cm³/mol. The van der Waals surface area contributed by atoms with E-state index < -0.39 is 30.5 Å². The number of halogens is 3. The van der Waals surface area contributed by atoms with E-state index in [0.29, 0.717) is 6.29 Å². The van der Waals surface area contributed by atoms with Gasteiger partial charge in [0.15, 0.2) is 0 Å². The lowest BCUT2D eigenvalue weighted by atomic mass is 9.98. The Morgan fingerprint density at radius 2 is 2.15 bits per heavy atom. The van der Waals surface area contributed by atoms with Crippen molar-refractivity contribution in [1.82, 2.24) is 5.32 Å². The van der Waals surface area contributed by atoms with Gasteiger partial charge >= 0.3 is 6.18 Å². The minimum absolute atomic E-state index is 0.282. The fraction of sp³-hybridized carbons (Fsp3) is 0.714. The summed E-state index contributed by atoms with van der Waals surface area (Å²) < 4.78 is 36.6. The average Bonchev–Trinajstić information content (AvgIpc) is 2.30. The van der Waals surface area contributed by atoms with Gasteiger partial charge < -0.3 is 10.1 Å². The molecule has 1 aliphatic heterocycles. The molecule has 0 spiro atoms. The summed E-state index contributed by atoms with van der Waals surface area (Å²) in [5.41, 5.74) is 0. The molecule has 2 atom stereocenters. The van der Waals surface area contributed by atoms with Crippen molar-refractivity contribution in [3.05, 3.63) is 0 Å². The number of hydrogen-bond donors (Lipinski definition) is 1. The molecule has 1 heterocycles. The summed E-state index contributed by atoms with van der Waals surface area (Å²) in [7, 11) is 0. The lowest BCUT2D eigenvalue weighted by molar-refractivity contribution is -0.177. The molecule has 74 valence electrons. The van der Waals surface area contributed by atoms with Crippen LogP contribution >= 0.6 is 0 Å². The van der Waals surface area contributed by atoms with E-state index in [9.17, 15) is 22.8 Å². The van der Waals surface area contributed by atoms with Crippen LogP contribution in [0.15, 0.2) is 0 Å². The van der Waals surface area contributed by atoms with Crippen molar-refractivity contribution in [3.63, 3.8) is 0 Å². The third-order valence-electron chi connectivity index (χ3n) is 2.01. The molecule has 0 bridgehead atoms. The van der Waals surface area contributed by atoms with Gasteiger partial charge in [0, 0.05) is 18.9 Å². The maximum absolute atomic E-state index is 12.2. The summed E-state index contributed by atoms with van der Waals surface area (Å²) >= 11 is 0. The van der Waals surface area contributed by atoms with Crippen molar-refractivity contribution >= 4 is 12.2 Å². The average molecular weight is 195 g/mol. The van der Waals surface area contributed by atoms with Crippen LogP contribution in [-0.2, 0) is 9.59 Å². The first kappa shape index (κ1) is 10.0. The Morgan fingerprint density at radius 3 is 2.62 bits per heavy atom. The first-order valence-corrected chi connectivity index (χ1v) is 3.75. The molecule has 1 N–H and O–H groups in total. The molecular weight excluding hydrogens is 187 g/mol. The first-order chi connectivity index (χ1) is 5.95. The second-order valence-electron chi connectivity index (χ2n) is 2.93. The molecule has 1 aliphatic rings. The number of rotatable bonds is 2. The normalized spacial score (nSPS) is 28.7. The van der Waals surface area contributed by atoms with Gasteiger partial charge in [0.25, 0.3) is 0 Å². The monoisotopic (exact) mass is 195 g/mol. The van der Waals surface area contributed by atoms with Crippen LogP contribution in [0.3, 0.4) is 0 Å². The minimum Gasteiger partial charge on any atom is -0.352 e. The van der Waals surface area contributed by atoms with Crippen molar-refractivity contribution in [2.24, 2.45) is 5.92 Å². The Bertz CT molecular complexity index is 226. The Balaban J connectivity index is 2.71. The van der Waals surface area contributed by atoms with Gasteiger partial charge in [-0.3, -0.25) is 4.79 Å². The molecule has 13 heavy (non-hydrogen) atoms. The number of hydrogen-bond acceptors (Lipinski definition) is 2. The summed E-state index contributed by atoms with van der Waals surface area (Å²) in [5, 5.41) is 2.12. The van der Waals surface area contributed by atoms with Crippen LogP contribution in [-0.4, -0.2) is 24.4 Å². The zero-order valence-corrected chi connectivity index (χ0v) is 6.60. The molecule has 0 aromatic carbocycles. The summed E-state index contributed by atoms with van der Waals surface area (Å²) in [6, 6.07) is -1.08. The van der Waals surface area contributed by atoms with Crippen LogP contribution in [0.1, 0.15) is 12.8 Å². The van der Waals surface area contributed by atoms with Gasteiger partial charge in [0.2, 0.25) is 5.91 Å². The third kappa shape index (κ3) is 2.19. The number of carbonyl (C=O) groups excluding carboxylic acids is 2. The largest absolute Gasteiger partial charge is 0.394 e. The highest BCUT2D eigenvalue weighted by Crippen LogP contribution is 2.35. The van der Waals surface area contributed by atoms with E-state index in [1.54, 1.807) is 0 Å². The van der Waals surface area contributed by atoms with E-state index >= 15 is 0 Å². The number of aldehydes is 1. The lowest BCUT2D eigenvalue weighted by Crippen LogP contribution is -2.36. The predicted octanol–water partition coefficient (Wildman–Crippen LogP) is 0.642. The minimum atomic E-state index is -4.41. The smallest absolute Gasteiger partial charge is 0.352 e. The molecule has 0 aliphatic carbocycles. The van der Waals surface area contributed by atoms with E-state index in [0.717, 1.165) is 0 Å². The zero-order valence-electron chi connectivity index (χ0n) is 6.60. The Morgan fingerprint density at radius 1 is 1.54 bits per heavy atom. The van der Waals surface area contributed by atoms with E-state index in [1.165, 1.54) is 0 Å². The maximum Gasteiger partial charge on any atom is 0.394 e. The second kappa shape index (κ2) is 3.35. The molecule has 1 saturated heterocycles. The van der Waals surface area contributed by atoms with Gasteiger partial charge in [-0.1, -0.05) is 0 Å². The third-order valence-corrected chi connectivity index (χ3v) is 2.01. The van der Waals surface area contributed by atoms with Crippen LogP contribution in [0.25, 0.3) is 0 Å². The molecule has 6 heteroatoms. The van der Waals surface area contributed by atoms with Crippen molar-refractivity contribution < 1.29 is 22.8 Å². The number of carbonyl (C=O) groups is 2. The Hall–Kier alpha value is -1.07. The van der Waals surface area contributed by atoms with Gasteiger partial charge in [-0.25, -0.2) is 0 Å². The molecule has 1 amide bonds. The number of amides is 1. The van der Waals surface area contributed by atoms with Crippen molar-refractivity contribution in [3.8, 4) is 0 Å². The first-order valence-electron chi connectivity index (χ1n) is 3.75. The zero-order chi connectivity index (χ0) is 10.1. The van der Waals surface area contributed by atoms with Gasteiger partial charge in [-0.05, 0) is 0 Å². The highest BCUT2D eigenvalue weighted by Gasteiger charge is 2.49. The second-order valence-corrected chi connectivity index (χ2v) is 2.93. The lowest BCUT2D eigenvalue weighted by Gasteiger charge is -2.18. The fourth-order valence-corrected chi connectivity index (χ4v) is 1.38. The van der Waals surface area contributed by atoms with Crippen LogP contribution in [0.5, 0.6) is 0 Å². The van der Waals surface area contributed by atoms with Gasteiger partial charge in [0.1, 0.15) is 6.29 Å². The Labute approximate surface area is 72.3 Å². The molecule has 2 unspecified atom stereocenters. The van der Waals surface area contributed by atoms with E-state index in [2.05, 4.69) is 5.32 Å². The molecule has 0 aromatic rings. The Kier molecular flexibility index (Phi) is 2.58. The summed E-state index contributed by atoms with van der Waals surface area (Å²) in [6.45, 7) is 0. The maximum atomic E-state index is 12.2. The quantitative estimate of drug-likeness (QED) is 0.657. The van der Waals surface area contributed by atoms with Gasteiger partial charge in [-0.15, -0.1) is 0 Å². The number of nitrogens with one attached hydrogen (secondary N) is 1. The molecular formula is C7H8F3NO2. The molecule has 0 saturated carbocycles. The van der Waals surface area contributed by atoms with Crippen molar-refractivity contribution in [2.45, 2.75) is 25.1 Å². The highest BCUT2D eigenvalue weighted by molar-refractivity contribution is 5.79. The summed E-state index contributed by atoms with van der Waals surface area (Å²) in [5.74, 6) is -2.36. The van der Waals surface area contributed by atoms with Crippen LogP contribution in [0.4, 0.5) is 13.2 Å². The van der Waals surface area contributed by atoms with E-state index in [-0.39, 0.29) is 6.42 Å². The van der Waals surface area contributed by atoms with Crippen molar-refractivity contribution in [1.29, 1.82) is 0 Å². The topological polar surface area (TPSA) is 46.2 Å². The van der Waals surface area contributed by atoms with E-state index in [4.69, 9.17) is 0 Å².